The molecule has 0 atom stereocenters. The van der Waals surface area contributed by atoms with E-state index in [0.717, 1.165) is 24.8 Å². The average Bonchev–Trinajstić information content (AvgIpc) is 2.47. The highest BCUT2D eigenvalue weighted by molar-refractivity contribution is 5.47. The van der Waals surface area contributed by atoms with Gasteiger partial charge in [-0.15, -0.1) is 0 Å². The third kappa shape index (κ3) is 4.63. The highest BCUT2D eigenvalue weighted by Gasteiger charge is 2.26. The largest absolute Gasteiger partial charge is 0.508 e. The first-order valence-electron chi connectivity index (χ1n) is 9.00. The van der Waals surface area contributed by atoms with Gasteiger partial charge in [0.2, 0.25) is 0 Å². The standard InChI is InChI=1S/C23H32O/c1-22(2,3)19-15-18(21(24)16-20(19)23(4,5)6)14-10-13-17-11-8-7-9-12-17/h7-9,11-12,15-16,24H,10,13-14H2,1-6H3. The van der Waals surface area contributed by atoms with Crippen LogP contribution < -0.4 is 0 Å². The molecule has 0 aliphatic rings. The first kappa shape index (κ1) is 18.6. The van der Waals surface area contributed by atoms with Gasteiger partial charge in [-0.3, -0.25) is 0 Å². The zero-order chi connectivity index (χ0) is 18.0. The molecule has 130 valence electrons. The van der Waals surface area contributed by atoms with Crippen LogP contribution in [0.2, 0.25) is 0 Å². The van der Waals surface area contributed by atoms with E-state index in [2.05, 4.69) is 77.9 Å². The molecule has 0 radical (unpaired) electrons. The lowest BCUT2D eigenvalue weighted by atomic mass is 9.74. The van der Waals surface area contributed by atoms with E-state index in [9.17, 15) is 5.11 Å². The average molecular weight is 325 g/mol. The Morgan fingerprint density at radius 1 is 0.750 bits per heavy atom. The van der Waals surface area contributed by atoms with Crippen molar-refractivity contribution in [2.45, 2.75) is 71.6 Å². The van der Waals surface area contributed by atoms with Crippen molar-refractivity contribution < 1.29 is 5.11 Å². The molecule has 1 heteroatoms. The monoisotopic (exact) mass is 324 g/mol. The number of rotatable bonds is 4. The van der Waals surface area contributed by atoms with Crippen LogP contribution in [-0.2, 0) is 23.7 Å². The summed E-state index contributed by atoms with van der Waals surface area (Å²) in [5.41, 5.74) is 5.14. The lowest BCUT2D eigenvalue weighted by Gasteiger charge is -2.31. The Balaban J connectivity index is 2.24. The maximum absolute atomic E-state index is 10.5. The van der Waals surface area contributed by atoms with Crippen LogP contribution in [-0.4, -0.2) is 5.11 Å². The predicted octanol–water partition coefficient (Wildman–Crippen LogP) is 6.16. The Kier molecular flexibility index (Phi) is 5.42. The summed E-state index contributed by atoms with van der Waals surface area (Å²) >= 11 is 0. The van der Waals surface area contributed by atoms with E-state index in [1.54, 1.807) is 0 Å². The van der Waals surface area contributed by atoms with Crippen molar-refractivity contribution >= 4 is 0 Å². The fraction of sp³-hybridized carbons (Fsp3) is 0.478. The van der Waals surface area contributed by atoms with Gasteiger partial charge in [0, 0.05) is 0 Å². The molecule has 1 nitrogen and oxygen atoms in total. The Bertz CT molecular complexity index is 670. The Morgan fingerprint density at radius 3 is 1.83 bits per heavy atom. The van der Waals surface area contributed by atoms with Crippen LogP contribution in [0.3, 0.4) is 0 Å². The summed E-state index contributed by atoms with van der Waals surface area (Å²) in [5.74, 6) is 0.445. The molecule has 0 aliphatic heterocycles. The van der Waals surface area contributed by atoms with Crippen molar-refractivity contribution in [3.05, 3.63) is 64.7 Å². The highest BCUT2D eigenvalue weighted by atomic mass is 16.3. The van der Waals surface area contributed by atoms with Crippen molar-refractivity contribution in [2.75, 3.05) is 0 Å². The molecule has 1 N–H and O–H groups in total. The van der Waals surface area contributed by atoms with Gasteiger partial charge in [-0.2, -0.15) is 0 Å². The van der Waals surface area contributed by atoms with Crippen LogP contribution in [0.15, 0.2) is 42.5 Å². The van der Waals surface area contributed by atoms with Crippen molar-refractivity contribution in [2.24, 2.45) is 0 Å². The SMILES string of the molecule is CC(C)(C)c1cc(O)c(CCCc2ccccc2)cc1C(C)(C)C. The zero-order valence-electron chi connectivity index (χ0n) is 16.1. The van der Waals surface area contributed by atoms with E-state index in [0.29, 0.717) is 5.75 Å². The first-order valence-corrected chi connectivity index (χ1v) is 9.00. The third-order valence-electron chi connectivity index (χ3n) is 4.59. The fourth-order valence-electron chi connectivity index (χ4n) is 3.20. The second-order valence-corrected chi connectivity index (χ2v) is 8.87. The Hall–Kier alpha value is -1.76. The lowest BCUT2D eigenvalue weighted by Crippen LogP contribution is -2.22. The van der Waals surface area contributed by atoms with E-state index in [1.165, 1.54) is 16.7 Å². The zero-order valence-corrected chi connectivity index (χ0v) is 16.1. The molecule has 0 aliphatic carbocycles. The summed E-state index contributed by atoms with van der Waals surface area (Å²) in [7, 11) is 0. The van der Waals surface area contributed by atoms with Crippen LogP contribution >= 0.6 is 0 Å². The number of aromatic hydroxyl groups is 1. The molecular weight excluding hydrogens is 292 g/mol. The van der Waals surface area contributed by atoms with Gasteiger partial charge in [-0.1, -0.05) is 77.9 Å². The maximum atomic E-state index is 10.5. The van der Waals surface area contributed by atoms with Gasteiger partial charge in [-0.05, 0) is 58.4 Å². The molecule has 0 saturated heterocycles. The minimum Gasteiger partial charge on any atom is -0.508 e. The number of hydrogen-bond donors (Lipinski definition) is 1. The van der Waals surface area contributed by atoms with Gasteiger partial charge >= 0.3 is 0 Å². The second kappa shape index (κ2) is 7.01. The summed E-state index contributed by atoms with van der Waals surface area (Å²) in [6.07, 6.45) is 3.01. The van der Waals surface area contributed by atoms with Crippen molar-refractivity contribution in [3.63, 3.8) is 0 Å². The van der Waals surface area contributed by atoms with Crippen LogP contribution in [0.4, 0.5) is 0 Å². The summed E-state index contributed by atoms with van der Waals surface area (Å²) in [5, 5.41) is 10.5. The van der Waals surface area contributed by atoms with Crippen molar-refractivity contribution in [1.29, 1.82) is 0 Å². The molecule has 2 aromatic carbocycles. The molecule has 0 aromatic heterocycles. The Morgan fingerprint density at radius 2 is 1.29 bits per heavy atom. The van der Waals surface area contributed by atoms with Gasteiger partial charge in [0.1, 0.15) is 5.75 Å². The van der Waals surface area contributed by atoms with E-state index in [4.69, 9.17) is 0 Å². The maximum Gasteiger partial charge on any atom is 0.119 e. The molecule has 0 amide bonds. The van der Waals surface area contributed by atoms with Gasteiger partial charge in [0.05, 0.1) is 0 Å². The number of benzene rings is 2. The molecule has 0 fully saturated rings. The lowest BCUT2D eigenvalue weighted by molar-refractivity contribution is 0.458. The van der Waals surface area contributed by atoms with E-state index < -0.39 is 0 Å². The topological polar surface area (TPSA) is 20.2 Å². The molecule has 2 rings (SSSR count). The van der Waals surface area contributed by atoms with Crippen LogP contribution in [0.1, 0.15) is 70.2 Å². The normalized spacial score (nSPS) is 12.4. The van der Waals surface area contributed by atoms with Gasteiger partial charge < -0.3 is 5.11 Å². The van der Waals surface area contributed by atoms with Crippen molar-refractivity contribution in [3.8, 4) is 5.75 Å². The molecule has 24 heavy (non-hydrogen) atoms. The molecule has 2 aromatic rings. The third-order valence-corrected chi connectivity index (χ3v) is 4.59. The number of hydrogen-bond acceptors (Lipinski definition) is 1. The first-order chi connectivity index (χ1) is 11.1. The summed E-state index contributed by atoms with van der Waals surface area (Å²) < 4.78 is 0. The molecule has 0 heterocycles. The molecule has 0 unspecified atom stereocenters. The molecule has 0 saturated carbocycles. The van der Waals surface area contributed by atoms with Crippen LogP contribution in [0.5, 0.6) is 5.75 Å². The van der Waals surface area contributed by atoms with Gasteiger partial charge in [0.25, 0.3) is 0 Å². The molecular formula is C23H32O. The highest BCUT2D eigenvalue weighted by Crippen LogP contribution is 2.38. The molecule has 0 bridgehead atoms. The summed E-state index contributed by atoms with van der Waals surface area (Å²) in [4.78, 5) is 0. The fourth-order valence-corrected chi connectivity index (χ4v) is 3.20. The second-order valence-electron chi connectivity index (χ2n) is 8.87. The van der Waals surface area contributed by atoms with E-state index >= 15 is 0 Å². The summed E-state index contributed by atoms with van der Waals surface area (Å²) in [6, 6.07) is 14.8. The molecule has 0 spiro atoms. The summed E-state index contributed by atoms with van der Waals surface area (Å²) in [6.45, 7) is 13.4. The van der Waals surface area contributed by atoms with Crippen molar-refractivity contribution in [1.82, 2.24) is 0 Å². The predicted molar refractivity (Wildman–Crippen MR) is 104 cm³/mol. The number of phenols is 1. The van der Waals surface area contributed by atoms with Crippen LogP contribution in [0.25, 0.3) is 0 Å². The number of phenolic OH excluding ortho intramolecular Hbond substituents is 1. The minimum atomic E-state index is 0.0304. The van der Waals surface area contributed by atoms with E-state index in [1.807, 2.05) is 6.07 Å². The Labute approximate surface area is 147 Å². The van der Waals surface area contributed by atoms with Crippen LogP contribution in [0, 0.1) is 0 Å². The number of aryl methyl sites for hydroxylation is 2. The smallest absolute Gasteiger partial charge is 0.119 e. The minimum absolute atomic E-state index is 0.0304. The van der Waals surface area contributed by atoms with E-state index in [-0.39, 0.29) is 10.8 Å². The van der Waals surface area contributed by atoms with Gasteiger partial charge in [0.15, 0.2) is 0 Å². The quantitative estimate of drug-likeness (QED) is 0.713. The van der Waals surface area contributed by atoms with Gasteiger partial charge in [-0.25, -0.2) is 0 Å².